The van der Waals surface area contributed by atoms with Gasteiger partial charge in [0.15, 0.2) is 15.7 Å². The van der Waals surface area contributed by atoms with Gasteiger partial charge < -0.3 is 15.5 Å². The van der Waals surface area contributed by atoms with E-state index < -0.39 is 21.8 Å². The Balaban J connectivity index is 1.36. The van der Waals surface area contributed by atoms with Crippen molar-refractivity contribution in [3.63, 3.8) is 0 Å². The summed E-state index contributed by atoms with van der Waals surface area (Å²) in [5.74, 6) is -0.279. The van der Waals surface area contributed by atoms with Crippen LogP contribution in [0.4, 0.5) is 17.2 Å². The number of nitrogens with one attached hydrogen (secondary N) is 2. The molecular formula is C27H24N4O4S2. The molecule has 0 saturated carbocycles. The molecule has 0 radical (unpaired) electrons. The molecule has 2 aromatic carbocycles. The summed E-state index contributed by atoms with van der Waals surface area (Å²) in [5, 5.41) is 8.46. The molecule has 188 valence electrons. The number of nitrogens with zero attached hydrogens (tertiary/aromatic N) is 2. The van der Waals surface area contributed by atoms with Crippen molar-refractivity contribution in [3.05, 3.63) is 82.9 Å². The third-order valence-electron chi connectivity index (χ3n) is 6.71. The van der Waals surface area contributed by atoms with E-state index in [4.69, 9.17) is 0 Å². The highest BCUT2D eigenvalue weighted by atomic mass is 32.2. The van der Waals surface area contributed by atoms with Crippen molar-refractivity contribution in [2.75, 3.05) is 28.3 Å². The van der Waals surface area contributed by atoms with Crippen LogP contribution in [0.2, 0.25) is 0 Å². The average molecular weight is 533 g/mol. The number of anilines is 3. The molecule has 2 N–H and O–H groups in total. The number of aromatic nitrogens is 1. The maximum absolute atomic E-state index is 13.4. The van der Waals surface area contributed by atoms with Crippen molar-refractivity contribution in [1.82, 2.24) is 10.3 Å². The molecule has 0 aliphatic carbocycles. The molecule has 10 heteroatoms. The number of pyridine rings is 1. The average Bonchev–Trinajstić information content (AvgIpc) is 3.32. The van der Waals surface area contributed by atoms with Crippen LogP contribution in [0.15, 0.2) is 66.2 Å². The van der Waals surface area contributed by atoms with E-state index in [1.54, 1.807) is 6.07 Å². The second kappa shape index (κ2) is 9.28. The van der Waals surface area contributed by atoms with E-state index in [0.717, 1.165) is 35.2 Å². The van der Waals surface area contributed by atoms with Crippen molar-refractivity contribution in [1.29, 1.82) is 0 Å². The van der Waals surface area contributed by atoms with E-state index in [2.05, 4.69) is 26.6 Å². The van der Waals surface area contributed by atoms with Gasteiger partial charge in [-0.3, -0.25) is 9.59 Å². The zero-order valence-electron chi connectivity index (χ0n) is 19.8. The first-order valence-corrected chi connectivity index (χ1v) is 14.7. The maximum Gasteiger partial charge on any atom is 0.257 e. The minimum atomic E-state index is -3.07. The van der Waals surface area contributed by atoms with Gasteiger partial charge in [0.2, 0.25) is 0 Å². The van der Waals surface area contributed by atoms with Gasteiger partial charge in [-0.1, -0.05) is 36.4 Å². The maximum atomic E-state index is 13.4. The van der Waals surface area contributed by atoms with Crippen LogP contribution in [0.1, 0.15) is 32.7 Å². The SMILES string of the molecule is O=C(NC1CS(=O)(=O)C1)c1cnc(N2CCCc3ccccc32)c(NC(=O)c2csc3ccccc23)c1. The third kappa shape index (κ3) is 4.58. The third-order valence-corrected chi connectivity index (χ3v) is 9.50. The molecule has 37 heavy (non-hydrogen) atoms. The van der Waals surface area contributed by atoms with Crippen LogP contribution in [0, 0.1) is 0 Å². The summed E-state index contributed by atoms with van der Waals surface area (Å²) in [5.41, 5.74) is 3.45. The molecule has 4 heterocycles. The molecule has 2 amide bonds. The quantitative estimate of drug-likeness (QED) is 0.400. The lowest BCUT2D eigenvalue weighted by molar-refractivity contribution is 0.0940. The van der Waals surface area contributed by atoms with Crippen molar-refractivity contribution >= 4 is 60.3 Å². The van der Waals surface area contributed by atoms with Crippen molar-refractivity contribution in [2.24, 2.45) is 0 Å². The number of fused-ring (bicyclic) bond motifs is 2. The fourth-order valence-corrected chi connectivity index (χ4v) is 7.14. The number of thiophene rings is 1. The summed E-state index contributed by atoms with van der Waals surface area (Å²) in [6, 6.07) is 17.0. The van der Waals surface area contributed by atoms with Crippen LogP contribution in [0.25, 0.3) is 10.1 Å². The molecule has 2 aromatic heterocycles. The fourth-order valence-electron chi connectivity index (χ4n) is 4.90. The van der Waals surface area contributed by atoms with Crippen LogP contribution >= 0.6 is 11.3 Å². The summed E-state index contributed by atoms with van der Waals surface area (Å²) in [4.78, 5) is 33.1. The zero-order chi connectivity index (χ0) is 25.6. The van der Waals surface area contributed by atoms with Crippen molar-refractivity contribution in [3.8, 4) is 0 Å². The molecule has 0 spiro atoms. The number of benzene rings is 2. The summed E-state index contributed by atoms with van der Waals surface area (Å²) in [6.07, 6.45) is 3.37. The first-order chi connectivity index (χ1) is 17.9. The normalized spacial score (nSPS) is 16.6. The van der Waals surface area contributed by atoms with Crippen LogP contribution in [0.3, 0.4) is 0 Å². The number of para-hydroxylation sites is 1. The van der Waals surface area contributed by atoms with Gasteiger partial charge >= 0.3 is 0 Å². The zero-order valence-corrected chi connectivity index (χ0v) is 21.4. The van der Waals surface area contributed by atoms with E-state index in [9.17, 15) is 18.0 Å². The summed E-state index contributed by atoms with van der Waals surface area (Å²) >= 11 is 1.50. The Morgan fingerprint density at radius 2 is 1.81 bits per heavy atom. The smallest absolute Gasteiger partial charge is 0.257 e. The molecule has 2 aliphatic heterocycles. The Kier molecular flexibility index (Phi) is 5.92. The van der Waals surface area contributed by atoms with Crippen LogP contribution in [-0.2, 0) is 16.3 Å². The van der Waals surface area contributed by atoms with E-state index in [1.165, 1.54) is 23.1 Å². The molecule has 8 nitrogen and oxygen atoms in total. The molecule has 6 rings (SSSR count). The van der Waals surface area contributed by atoms with Crippen LogP contribution in [-0.4, -0.2) is 49.3 Å². The van der Waals surface area contributed by atoms with Gasteiger partial charge in [0, 0.05) is 33.9 Å². The summed E-state index contributed by atoms with van der Waals surface area (Å²) < 4.78 is 24.0. The Labute approximate surface area is 218 Å². The minimum Gasteiger partial charge on any atom is -0.347 e. The second-order valence-electron chi connectivity index (χ2n) is 9.33. The van der Waals surface area contributed by atoms with Crippen molar-refractivity contribution < 1.29 is 18.0 Å². The number of carbonyl (C=O) groups excluding carboxylic acids is 2. The predicted octanol–water partition coefficient (Wildman–Crippen LogP) is 4.16. The molecule has 0 unspecified atom stereocenters. The van der Waals surface area contributed by atoms with Gasteiger partial charge in [0.25, 0.3) is 11.8 Å². The lowest BCUT2D eigenvalue weighted by Gasteiger charge is -2.32. The first-order valence-electron chi connectivity index (χ1n) is 12.0. The molecule has 2 aliphatic rings. The fraction of sp³-hybridized carbons (Fsp3) is 0.222. The molecular weight excluding hydrogens is 508 g/mol. The van der Waals surface area contributed by atoms with E-state index in [-0.39, 0.29) is 23.0 Å². The summed E-state index contributed by atoms with van der Waals surface area (Å²) in [6.45, 7) is 0.722. The van der Waals surface area contributed by atoms with E-state index in [0.29, 0.717) is 17.1 Å². The highest BCUT2D eigenvalue weighted by Gasteiger charge is 2.34. The van der Waals surface area contributed by atoms with Gasteiger partial charge in [-0.05, 0) is 36.6 Å². The number of carbonyl (C=O) groups is 2. The Hall–Kier alpha value is -3.76. The molecule has 0 atom stereocenters. The Morgan fingerprint density at radius 3 is 2.65 bits per heavy atom. The number of aryl methyl sites for hydroxylation is 1. The molecule has 4 aromatic rings. The number of rotatable bonds is 5. The van der Waals surface area contributed by atoms with Gasteiger partial charge in [-0.2, -0.15) is 0 Å². The first kappa shape index (κ1) is 23.6. The number of hydrogen-bond donors (Lipinski definition) is 2. The van der Waals surface area contributed by atoms with Gasteiger partial charge in [0.1, 0.15) is 0 Å². The standard InChI is InChI=1S/C27H24N4O4S2/c32-26(29-19-15-37(34,35)16-19)18-12-22(30-27(33)21-14-36-24-10-4-2-8-20(21)24)25(28-13-18)31-11-5-7-17-6-1-3-9-23(17)31/h1-4,6,8-10,12-14,19H,5,7,11,15-16H2,(H,29,32)(H,30,33). The Bertz CT molecular complexity index is 1640. The lowest BCUT2D eigenvalue weighted by atomic mass is 10.0. The van der Waals surface area contributed by atoms with Gasteiger partial charge in [-0.25, -0.2) is 13.4 Å². The predicted molar refractivity (Wildman–Crippen MR) is 146 cm³/mol. The monoisotopic (exact) mass is 532 g/mol. The number of sulfone groups is 1. The van der Waals surface area contributed by atoms with E-state index >= 15 is 0 Å². The number of hydrogen-bond acceptors (Lipinski definition) is 7. The molecule has 1 fully saturated rings. The minimum absolute atomic E-state index is 0.0658. The molecule has 1 saturated heterocycles. The van der Waals surface area contributed by atoms with Crippen LogP contribution in [0.5, 0.6) is 0 Å². The Morgan fingerprint density at radius 1 is 1.03 bits per heavy atom. The molecule has 0 bridgehead atoms. The highest BCUT2D eigenvalue weighted by molar-refractivity contribution is 7.92. The lowest BCUT2D eigenvalue weighted by Crippen LogP contribution is -2.52. The second-order valence-corrected chi connectivity index (χ2v) is 12.4. The van der Waals surface area contributed by atoms with Gasteiger partial charge in [0.05, 0.1) is 34.4 Å². The topological polar surface area (TPSA) is 108 Å². The highest BCUT2D eigenvalue weighted by Crippen LogP contribution is 2.37. The van der Waals surface area contributed by atoms with Gasteiger partial charge in [-0.15, -0.1) is 11.3 Å². The summed E-state index contributed by atoms with van der Waals surface area (Å²) in [7, 11) is -3.07. The van der Waals surface area contributed by atoms with Crippen LogP contribution < -0.4 is 15.5 Å². The largest absolute Gasteiger partial charge is 0.347 e. The number of amides is 2. The van der Waals surface area contributed by atoms with Crippen molar-refractivity contribution in [2.45, 2.75) is 18.9 Å². The van der Waals surface area contributed by atoms with E-state index in [1.807, 2.05) is 47.8 Å².